The number of hydrogen-bond acceptors (Lipinski definition) is 4. The van der Waals surface area contributed by atoms with Crippen LogP contribution in [0, 0.1) is 22.7 Å². The molecule has 1 aromatic rings. The molecule has 0 bridgehead atoms. The third-order valence-electron chi connectivity index (χ3n) is 1.65. The number of nitrogens with one attached hydrogen (secondary N) is 1. The van der Waals surface area contributed by atoms with Crippen LogP contribution in [0.4, 0.5) is 0 Å². The van der Waals surface area contributed by atoms with Gasteiger partial charge in [0.05, 0.1) is 18.1 Å². The molecule has 0 unspecified atom stereocenters. The topological polar surface area (TPSA) is 89.6 Å². The van der Waals surface area contributed by atoms with Crippen LogP contribution < -0.4 is 5.32 Å². The second-order valence-corrected chi connectivity index (χ2v) is 2.71. The molecule has 1 rings (SSSR count). The second kappa shape index (κ2) is 5.36. The van der Waals surface area contributed by atoms with Gasteiger partial charge in [-0.3, -0.25) is 4.79 Å². The maximum Gasteiger partial charge on any atom is 0.269 e. The first-order chi connectivity index (χ1) is 7.27. The van der Waals surface area contributed by atoms with Crippen molar-refractivity contribution in [1.29, 1.82) is 10.5 Å². The Kier molecular flexibility index (Phi) is 3.81. The van der Waals surface area contributed by atoms with E-state index in [9.17, 15) is 4.79 Å². The van der Waals surface area contributed by atoms with Crippen LogP contribution in [0.3, 0.4) is 0 Å². The summed E-state index contributed by atoms with van der Waals surface area (Å²) in [6, 6.07) is 6.82. The van der Waals surface area contributed by atoms with Gasteiger partial charge in [-0.25, -0.2) is 4.98 Å². The first-order valence-electron chi connectivity index (χ1n) is 4.29. The predicted molar refractivity (Wildman–Crippen MR) is 51.5 cm³/mol. The summed E-state index contributed by atoms with van der Waals surface area (Å²) in [6.45, 7) is 0.303. The molecule has 0 aliphatic heterocycles. The molecule has 0 saturated carbocycles. The fraction of sp³-hybridized carbons (Fsp3) is 0.200. The molecular weight excluding hydrogens is 192 g/mol. The molecule has 1 aromatic heterocycles. The van der Waals surface area contributed by atoms with Crippen molar-refractivity contribution < 1.29 is 4.79 Å². The summed E-state index contributed by atoms with van der Waals surface area (Å²) in [5.41, 5.74) is 0.649. The molecule has 5 nitrogen and oxygen atoms in total. The van der Waals surface area contributed by atoms with Crippen LogP contribution in [0.2, 0.25) is 0 Å². The van der Waals surface area contributed by atoms with Crippen LogP contribution in [0.15, 0.2) is 18.3 Å². The molecule has 0 atom stereocenters. The van der Waals surface area contributed by atoms with E-state index in [1.807, 2.05) is 12.1 Å². The van der Waals surface area contributed by atoms with Crippen molar-refractivity contribution in [3.05, 3.63) is 29.6 Å². The van der Waals surface area contributed by atoms with Crippen molar-refractivity contribution in [2.24, 2.45) is 0 Å². The lowest BCUT2D eigenvalue weighted by atomic mass is 10.2. The third kappa shape index (κ3) is 3.09. The van der Waals surface area contributed by atoms with Gasteiger partial charge in [-0.05, 0) is 12.1 Å². The number of carbonyl (C=O) groups is 1. The van der Waals surface area contributed by atoms with Crippen LogP contribution in [0.1, 0.15) is 22.5 Å². The zero-order chi connectivity index (χ0) is 11.1. The van der Waals surface area contributed by atoms with Crippen LogP contribution in [-0.2, 0) is 0 Å². The predicted octanol–water partition coefficient (Wildman–Crippen LogP) is 0.597. The van der Waals surface area contributed by atoms with Crippen molar-refractivity contribution in [3.8, 4) is 12.1 Å². The smallest absolute Gasteiger partial charge is 0.269 e. The number of nitrogens with zero attached hydrogens (tertiary/aromatic N) is 3. The third-order valence-corrected chi connectivity index (χ3v) is 1.65. The Hall–Kier alpha value is -2.40. The standard InChI is InChI=1S/C10H8N4O/c11-4-1-5-13-10(15)9-3-2-8(6-12)7-14-9/h2-3,7H,1,5H2,(H,13,15). The van der Waals surface area contributed by atoms with Gasteiger partial charge in [-0.2, -0.15) is 10.5 Å². The van der Waals surface area contributed by atoms with E-state index in [1.165, 1.54) is 18.3 Å². The first kappa shape index (κ1) is 10.7. The highest BCUT2D eigenvalue weighted by Crippen LogP contribution is 1.98. The minimum Gasteiger partial charge on any atom is -0.350 e. The molecule has 0 aliphatic carbocycles. The lowest BCUT2D eigenvalue weighted by Gasteiger charge is -2.00. The van der Waals surface area contributed by atoms with Gasteiger partial charge in [0, 0.05) is 12.7 Å². The number of carbonyl (C=O) groups excluding carboxylic acids is 1. The summed E-state index contributed by atoms with van der Waals surface area (Å²) in [6.07, 6.45) is 1.60. The average Bonchev–Trinajstić information content (AvgIpc) is 2.29. The molecule has 0 aliphatic rings. The van der Waals surface area contributed by atoms with E-state index in [2.05, 4.69) is 10.3 Å². The molecule has 1 N–H and O–H groups in total. The van der Waals surface area contributed by atoms with Gasteiger partial charge >= 0.3 is 0 Å². The van der Waals surface area contributed by atoms with Crippen molar-refractivity contribution in [3.63, 3.8) is 0 Å². The molecule has 0 fully saturated rings. The van der Waals surface area contributed by atoms with Gasteiger partial charge in [-0.1, -0.05) is 0 Å². The molecule has 1 heterocycles. The Balaban J connectivity index is 2.60. The summed E-state index contributed by atoms with van der Waals surface area (Å²) >= 11 is 0. The van der Waals surface area contributed by atoms with Crippen molar-refractivity contribution in [2.45, 2.75) is 6.42 Å². The summed E-state index contributed by atoms with van der Waals surface area (Å²) in [5, 5.41) is 19.3. The maximum atomic E-state index is 11.4. The van der Waals surface area contributed by atoms with Gasteiger partial charge in [0.1, 0.15) is 11.8 Å². The molecular formula is C10H8N4O. The van der Waals surface area contributed by atoms with Gasteiger partial charge in [0.15, 0.2) is 0 Å². The van der Waals surface area contributed by atoms with Crippen molar-refractivity contribution in [2.75, 3.05) is 6.54 Å². The molecule has 15 heavy (non-hydrogen) atoms. The van der Waals surface area contributed by atoms with Crippen LogP contribution >= 0.6 is 0 Å². The van der Waals surface area contributed by atoms with E-state index in [4.69, 9.17) is 10.5 Å². The number of amides is 1. The SMILES string of the molecule is N#CCCNC(=O)c1ccc(C#N)cn1. The average molecular weight is 200 g/mol. The number of rotatable bonds is 3. The quantitative estimate of drug-likeness (QED) is 0.723. The van der Waals surface area contributed by atoms with E-state index in [1.54, 1.807) is 0 Å². The molecule has 1 amide bonds. The molecule has 0 aromatic carbocycles. The summed E-state index contributed by atoms with van der Waals surface area (Å²) in [5.74, 6) is -0.338. The normalized spacial score (nSPS) is 8.67. The molecule has 5 heteroatoms. The highest BCUT2D eigenvalue weighted by Gasteiger charge is 2.05. The lowest BCUT2D eigenvalue weighted by molar-refractivity contribution is 0.0949. The van der Waals surface area contributed by atoms with Crippen LogP contribution in [0.25, 0.3) is 0 Å². The summed E-state index contributed by atoms with van der Waals surface area (Å²) < 4.78 is 0. The van der Waals surface area contributed by atoms with E-state index in [0.717, 1.165) is 0 Å². The highest BCUT2D eigenvalue weighted by atomic mass is 16.1. The zero-order valence-corrected chi connectivity index (χ0v) is 7.90. The van der Waals surface area contributed by atoms with Crippen molar-refractivity contribution in [1.82, 2.24) is 10.3 Å². The van der Waals surface area contributed by atoms with Crippen LogP contribution in [0.5, 0.6) is 0 Å². The molecule has 0 spiro atoms. The van der Waals surface area contributed by atoms with Gasteiger partial charge < -0.3 is 5.32 Å². The van der Waals surface area contributed by atoms with E-state index in [0.29, 0.717) is 12.1 Å². The van der Waals surface area contributed by atoms with Gasteiger partial charge in [0.25, 0.3) is 5.91 Å². The Bertz CT molecular complexity index is 424. The lowest BCUT2D eigenvalue weighted by Crippen LogP contribution is -2.25. The summed E-state index contributed by atoms with van der Waals surface area (Å²) in [4.78, 5) is 15.2. The number of aromatic nitrogens is 1. The fourth-order valence-corrected chi connectivity index (χ4v) is 0.917. The number of nitriles is 2. The van der Waals surface area contributed by atoms with E-state index in [-0.39, 0.29) is 18.0 Å². The number of hydrogen-bond donors (Lipinski definition) is 1. The zero-order valence-electron chi connectivity index (χ0n) is 7.90. The molecule has 0 saturated heterocycles. The monoisotopic (exact) mass is 200 g/mol. The Labute approximate surface area is 87.0 Å². The van der Waals surface area contributed by atoms with Gasteiger partial charge in [-0.15, -0.1) is 0 Å². The number of pyridine rings is 1. The van der Waals surface area contributed by atoms with E-state index >= 15 is 0 Å². The fourth-order valence-electron chi connectivity index (χ4n) is 0.917. The van der Waals surface area contributed by atoms with Gasteiger partial charge in [0.2, 0.25) is 0 Å². The Morgan fingerprint density at radius 2 is 2.27 bits per heavy atom. The van der Waals surface area contributed by atoms with Crippen LogP contribution in [-0.4, -0.2) is 17.4 Å². The first-order valence-corrected chi connectivity index (χ1v) is 4.29. The maximum absolute atomic E-state index is 11.4. The highest BCUT2D eigenvalue weighted by molar-refractivity contribution is 5.92. The Morgan fingerprint density at radius 1 is 1.47 bits per heavy atom. The summed E-state index contributed by atoms with van der Waals surface area (Å²) in [7, 11) is 0. The Morgan fingerprint density at radius 3 is 2.80 bits per heavy atom. The van der Waals surface area contributed by atoms with Crippen molar-refractivity contribution >= 4 is 5.91 Å². The minimum absolute atomic E-state index is 0.243. The molecule has 74 valence electrons. The largest absolute Gasteiger partial charge is 0.350 e. The minimum atomic E-state index is -0.338. The van der Waals surface area contributed by atoms with E-state index < -0.39 is 0 Å². The molecule has 0 radical (unpaired) electrons. The second-order valence-electron chi connectivity index (χ2n) is 2.71.